The Morgan fingerprint density at radius 1 is 0.971 bits per heavy atom. The van der Waals surface area contributed by atoms with Crippen molar-refractivity contribution in [2.75, 3.05) is 26.2 Å². The Bertz CT molecular complexity index is 1360. The maximum absolute atomic E-state index is 11.4. The van der Waals surface area contributed by atoms with Gasteiger partial charge in [-0.05, 0) is 67.0 Å². The van der Waals surface area contributed by atoms with Gasteiger partial charge in [0.2, 0.25) is 5.91 Å². The molecule has 0 atom stereocenters. The number of nitriles is 1. The van der Waals surface area contributed by atoms with E-state index in [2.05, 4.69) is 26.9 Å². The van der Waals surface area contributed by atoms with Crippen LogP contribution in [0.25, 0.3) is 28.0 Å². The van der Waals surface area contributed by atoms with Crippen LogP contribution in [0.5, 0.6) is 0 Å². The number of nitrogens with one attached hydrogen (secondary N) is 1. The zero-order chi connectivity index (χ0) is 23.5. The number of nitrogens with two attached hydrogens (primary N) is 1. The molecule has 1 amide bonds. The summed E-state index contributed by atoms with van der Waals surface area (Å²) in [6.07, 6.45) is 3.22. The van der Waals surface area contributed by atoms with Crippen molar-refractivity contribution in [3.8, 4) is 28.5 Å². The number of hydrogen-bond acceptors (Lipinski definition) is 5. The highest BCUT2D eigenvalue weighted by molar-refractivity contribution is 5.93. The number of rotatable bonds is 5. The monoisotopic (exact) mass is 450 g/mol. The summed E-state index contributed by atoms with van der Waals surface area (Å²) < 4.78 is 2.17. The Morgan fingerprint density at radius 2 is 1.71 bits per heavy atom. The molecule has 5 rings (SSSR count). The number of imidazole rings is 1. The second kappa shape index (κ2) is 9.48. The third kappa shape index (κ3) is 4.42. The van der Waals surface area contributed by atoms with Crippen molar-refractivity contribution in [2.45, 2.75) is 13.0 Å². The molecular weight excluding hydrogens is 424 g/mol. The van der Waals surface area contributed by atoms with Gasteiger partial charge in [-0.15, -0.1) is 0 Å². The SMILES string of the molecule is N#Cc1ccc(-c2nc3ccc(-c4ccc(C(N)=O)cc4)cn3c2CN2CCCNCC2)cc1. The second-order valence-electron chi connectivity index (χ2n) is 8.56. The first kappa shape index (κ1) is 21.8. The van der Waals surface area contributed by atoms with E-state index < -0.39 is 5.91 Å². The summed E-state index contributed by atoms with van der Waals surface area (Å²) in [5.41, 5.74) is 12.5. The number of primary amides is 1. The first-order chi connectivity index (χ1) is 16.6. The van der Waals surface area contributed by atoms with Gasteiger partial charge in [0.15, 0.2) is 0 Å². The van der Waals surface area contributed by atoms with E-state index >= 15 is 0 Å². The lowest BCUT2D eigenvalue weighted by Gasteiger charge is -2.20. The highest BCUT2D eigenvalue weighted by Gasteiger charge is 2.19. The number of hydrogen-bond donors (Lipinski definition) is 2. The summed E-state index contributed by atoms with van der Waals surface area (Å²) in [5.74, 6) is -0.433. The highest BCUT2D eigenvalue weighted by Crippen LogP contribution is 2.29. The van der Waals surface area contributed by atoms with Crippen LogP contribution in [0, 0.1) is 11.3 Å². The van der Waals surface area contributed by atoms with Gasteiger partial charge in [-0.3, -0.25) is 9.69 Å². The average molecular weight is 451 g/mol. The standard InChI is InChI=1S/C27H26N6O/c28-16-19-2-4-21(5-3-19)26-24(18-32-14-1-12-30-13-15-32)33-17-23(10-11-25(33)31-26)20-6-8-22(9-7-20)27(29)34/h2-11,17,30H,1,12-15,18H2,(H2,29,34). The van der Waals surface area contributed by atoms with E-state index in [1.54, 1.807) is 12.1 Å². The number of carbonyl (C=O) groups excluding carboxylic acids is 1. The summed E-state index contributed by atoms with van der Waals surface area (Å²) in [5, 5.41) is 12.7. The van der Waals surface area contributed by atoms with Crippen molar-refractivity contribution in [3.05, 3.63) is 83.7 Å². The summed E-state index contributed by atoms with van der Waals surface area (Å²) in [7, 11) is 0. The first-order valence-electron chi connectivity index (χ1n) is 11.5. The minimum Gasteiger partial charge on any atom is -0.366 e. The smallest absolute Gasteiger partial charge is 0.248 e. The van der Waals surface area contributed by atoms with E-state index in [4.69, 9.17) is 10.7 Å². The third-order valence-electron chi connectivity index (χ3n) is 6.31. The van der Waals surface area contributed by atoms with E-state index in [9.17, 15) is 10.1 Å². The summed E-state index contributed by atoms with van der Waals surface area (Å²) in [6, 6.07) is 21.2. The van der Waals surface area contributed by atoms with Gasteiger partial charge in [-0.1, -0.05) is 24.3 Å². The molecule has 7 nitrogen and oxygen atoms in total. The Labute approximate surface area is 198 Å². The van der Waals surface area contributed by atoms with Crippen molar-refractivity contribution in [1.29, 1.82) is 5.26 Å². The van der Waals surface area contributed by atoms with Crippen molar-refractivity contribution >= 4 is 11.6 Å². The van der Waals surface area contributed by atoms with E-state index in [0.29, 0.717) is 11.1 Å². The van der Waals surface area contributed by atoms with Crippen LogP contribution in [0.4, 0.5) is 0 Å². The molecule has 7 heteroatoms. The maximum Gasteiger partial charge on any atom is 0.248 e. The largest absolute Gasteiger partial charge is 0.366 e. The minimum atomic E-state index is -0.433. The average Bonchev–Trinajstić information content (AvgIpc) is 3.03. The molecule has 1 aliphatic rings. The van der Waals surface area contributed by atoms with Crippen molar-refractivity contribution in [2.24, 2.45) is 5.73 Å². The fourth-order valence-corrected chi connectivity index (χ4v) is 4.45. The second-order valence-corrected chi connectivity index (χ2v) is 8.56. The van der Waals surface area contributed by atoms with Crippen LogP contribution in [0.2, 0.25) is 0 Å². The summed E-state index contributed by atoms with van der Waals surface area (Å²) in [6.45, 7) is 4.80. The van der Waals surface area contributed by atoms with Gasteiger partial charge >= 0.3 is 0 Å². The molecule has 0 radical (unpaired) electrons. The summed E-state index contributed by atoms with van der Waals surface area (Å²) in [4.78, 5) is 18.9. The number of fused-ring (bicyclic) bond motifs is 1. The topological polar surface area (TPSA) is 99.5 Å². The molecule has 1 fully saturated rings. The fraction of sp³-hybridized carbons (Fsp3) is 0.222. The number of benzene rings is 2. The number of nitrogens with zero attached hydrogens (tertiary/aromatic N) is 4. The minimum absolute atomic E-state index is 0.433. The van der Waals surface area contributed by atoms with Gasteiger partial charge in [0, 0.05) is 37.0 Å². The lowest BCUT2D eigenvalue weighted by molar-refractivity contribution is 0.100. The van der Waals surface area contributed by atoms with E-state index in [0.717, 1.165) is 72.9 Å². The first-order valence-corrected chi connectivity index (χ1v) is 11.5. The zero-order valence-corrected chi connectivity index (χ0v) is 18.9. The molecule has 3 N–H and O–H groups in total. The van der Waals surface area contributed by atoms with Crippen LogP contribution in [0.3, 0.4) is 0 Å². The number of carbonyl (C=O) groups is 1. The molecular formula is C27H26N6O. The van der Waals surface area contributed by atoms with Crippen molar-refractivity contribution in [1.82, 2.24) is 19.6 Å². The van der Waals surface area contributed by atoms with Crippen molar-refractivity contribution < 1.29 is 4.79 Å². The molecule has 2 aromatic carbocycles. The molecule has 1 saturated heterocycles. The Hall–Kier alpha value is -3.99. The predicted octanol–water partition coefficient (Wildman–Crippen LogP) is 3.43. The maximum atomic E-state index is 11.4. The zero-order valence-electron chi connectivity index (χ0n) is 18.9. The fourth-order valence-electron chi connectivity index (χ4n) is 4.45. The molecule has 34 heavy (non-hydrogen) atoms. The summed E-state index contributed by atoms with van der Waals surface area (Å²) >= 11 is 0. The third-order valence-corrected chi connectivity index (χ3v) is 6.31. The molecule has 2 aromatic heterocycles. The Balaban J connectivity index is 1.60. The van der Waals surface area contributed by atoms with Gasteiger partial charge in [0.25, 0.3) is 0 Å². The lowest BCUT2D eigenvalue weighted by atomic mass is 10.1. The van der Waals surface area contributed by atoms with Crippen LogP contribution in [0.15, 0.2) is 66.9 Å². The van der Waals surface area contributed by atoms with Gasteiger partial charge in [0.1, 0.15) is 5.65 Å². The number of pyridine rings is 1. The molecule has 170 valence electrons. The number of amides is 1. The normalized spacial score (nSPS) is 14.6. The van der Waals surface area contributed by atoms with Gasteiger partial charge in [-0.25, -0.2) is 4.98 Å². The molecule has 0 unspecified atom stereocenters. The van der Waals surface area contributed by atoms with Crippen LogP contribution >= 0.6 is 0 Å². The molecule has 0 aliphatic carbocycles. The molecule has 3 heterocycles. The Kier molecular flexibility index (Phi) is 6.09. The quantitative estimate of drug-likeness (QED) is 0.485. The van der Waals surface area contributed by atoms with E-state index in [1.807, 2.05) is 48.5 Å². The van der Waals surface area contributed by atoms with Crippen molar-refractivity contribution in [3.63, 3.8) is 0 Å². The van der Waals surface area contributed by atoms with Crippen LogP contribution in [-0.4, -0.2) is 46.4 Å². The van der Waals surface area contributed by atoms with E-state index in [-0.39, 0.29) is 0 Å². The predicted molar refractivity (Wildman–Crippen MR) is 132 cm³/mol. The lowest BCUT2D eigenvalue weighted by Crippen LogP contribution is -2.28. The van der Waals surface area contributed by atoms with Crippen LogP contribution in [0.1, 0.15) is 28.0 Å². The molecule has 1 aliphatic heterocycles. The van der Waals surface area contributed by atoms with Crippen LogP contribution in [-0.2, 0) is 6.54 Å². The van der Waals surface area contributed by atoms with Crippen LogP contribution < -0.4 is 11.1 Å². The Morgan fingerprint density at radius 3 is 2.44 bits per heavy atom. The van der Waals surface area contributed by atoms with Gasteiger partial charge in [-0.2, -0.15) is 5.26 Å². The van der Waals surface area contributed by atoms with Gasteiger partial charge in [0.05, 0.1) is 23.0 Å². The number of aromatic nitrogens is 2. The highest BCUT2D eigenvalue weighted by atomic mass is 16.1. The van der Waals surface area contributed by atoms with E-state index in [1.165, 1.54) is 0 Å². The van der Waals surface area contributed by atoms with Gasteiger partial charge < -0.3 is 15.5 Å². The molecule has 0 saturated carbocycles. The molecule has 4 aromatic rings. The molecule has 0 bridgehead atoms. The molecule has 0 spiro atoms.